The summed E-state index contributed by atoms with van der Waals surface area (Å²) in [6, 6.07) is 1.62. The number of imidazole rings is 2. The maximum absolute atomic E-state index is 15.6. The SMILES string of the molecule is Cc1cn(-c2cncc3[nH]c(-c4n[nH]c5cnc(-c6cncc(N)c6)c(F)c45)nc23)cn1. The first-order valence-electron chi connectivity index (χ1n) is 9.67. The molecule has 4 N–H and O–H groups in total. The number of fused-ring (bicyclic) bond motifs is 2. The van der Waals surface area contributed by atoms with Crippen LogP contribution in [-0.2, 0) is 0 Å². The Bertz CT molecular complexity index is 1630. The third-order valence-electron chi connectivity index (χ3n) is 5.17. The van der Waals surface area contributed by atoms with Crippen LogP contribution in [0.2, 0.25) is 0 Å². The second-order valence-electron chi connectivity index (χ2n) is 7.35. The number of hydrogen-bond acceptors (Lipinski definition) is 7. The van der Waals surface area contributed by atoms with E-state index in [1.54, 1.807) is 24.8 Å². The van der Waals surface area contributed by atoms with Gasteiger partial charge < -0.3 is 15.3 Å². The van der Waals surface area contributed by atoms with E-state index in [0.717, 1.165) is 11.4 Å². The number of nitrogens with one attached hydrogen (secondary N) is 2. The Morgan fingerprint density at radius 2 is 1.88 bits per heavy atom. The minimum Gasteiger partial charge on any atom is -0.397 e. The van der Waals surface area contributed by atoms with Crippen molar-refractivity contribution >= 4 is 27.6 Å². The molecule has 0 atom stereocenters. The Morgan fingerprint density at radius 3 is 2.69 bits per heavy atom. The van der Waals surface area contributed by atoms with Crippen molar-refractivity contribution in [2.24, 2.45) is 0 Å². The number of nitrogen functional groups attached to an aromatic ring is 1. The van der Waals surface area contributed by atoms with Crippen LogP contribution in [0.15, 0.2) is 49.6 Å². The molecule has 156 valence electrons. The van der Waals surface area contributed by atoms with Crippen LogP contribution in [-0.4, -0.2) is 44.7 Å². The zero-order valence-electron chi connectivity index (χ0n) is 16.7. The monoisotopic (exact) mass is 426 g/mol. The van der Waals surface area contributed by atoms with Crippen LogP contribution >= 0.6 is 0 Å². The number of rotatable bonds is 3. The first-order chi connectivity index (χ1) is 15.6. The van der Waals surface area contributed by atoms with Gasteiger partial charge in [-0.15, -0.1) is 0 Å². The van der Waals surface area contributed by atoms with Crippen molar-refractivity contribution in [3.05, 3.63) is 61.1 Å². The number of H-pyrrole nitrogens is 2. The zero-order valence-corrected chi connectivity index (χ0v) is 16.7. The quantitative estimate of drug-likeness (QED) is 0.395. The van der Waals surface area contributed by atoms with Crippen molar-refractivity contribution in [3.8, 4) is 28.5 Å². The second-order valence-corrected chi connectivity index (χ2v) is 7.35. The summed E-state index contributed by atoms with van der Waals surface area (Å²) in [7, 11) is 0. The van der Waals surface area contributed by atoms with Gasteiger partial charge in [0.2, 0.25) is 0 Å². The lowest BCUT2D eigenvalue weighted by molar-refractivity contribution is 0.638. The largest absolute Gasteiger partial charge is 0.397 e. The van der Waals surface area contributed by atoms with Gasteiger partial charge in [0.15, 0.2) is 11.6 Å². The van der Waals surface area contributed by atoms with Crippen LogP contribution < -0.4 is 5.73 Å². The van der Waals surface area contributed by atoms with Gasteiger partial charge in [0, 0.05) is 24.2 Å². The first-order valence-corrected chi connectivity index (χ1v) is 9.67. The Kier molecular flexibility index (Phi) is 3.78. The summed E-state index contributed by atoms with van der Waals surface area (Å²) in [6.45, 7) is 1.90. The summed E-state index contributed by atoms with van der Waals surface area (Å²) >= 11 is 0. The maximum Gasteiger partial charge on any atom is 0.161 e. The lowest BCUT2D eigenvalue weighted by Crippen LogP contribution is -1.94. The van der Waals surface area contributed by atoms with Gasteiger partial charge in [-0.25, -0.2) is 14.4 Å². The molecule has 0 aromatic carbocycles. The summed E-state index contributed by atoms with van der Waals surface area (Å²) in [5.41, 5.74) is 10.6. The maximum atomic E-state index is 15.6. The highest BCUT2D eigenvalue weighted by Crippen LogP contribution is 2.33. The highest BCUT2D eigenvalue weighted by Gasteiger charge is 2.21. The smallest absolute Gasteiger partial charge is 0.161 e. The fourth-order valence-corrected chi connectivity index (χ4v) is 3.71. The van der Waals surface area contributed by atoms with Gasteiger partial charge in [0.1, 0.15) is 16.9 Å². The van der Waals surface area contributed by atoms with E-state index in [1.807, 2.05) is 17.7 Å². The van der Waals surface area contributed by atoms with E-state index in [4.69, 9.17) is 10.7 Å². The molecule has 0 unspecified atom stereocenters. The number of hydrogen-bond donors (Lipinski definition) is 3. The summed E-state index contributed by atoms with van der Waals surface area (Å²) in [6.07, 6.45) is 11.5. The number of anilines is 1. The zero-order chi connectivity index (χ0) is 21.8. The molecular weight excluding hydrogens is 411 g/mol. The highest BCUT2D eigenvalue weighted by atomic mass is 19.1. The number of halogens is 1. The van der Waals surface area contributed by atoms with E-state index in [2.05, 4.69) is 35.1 Å². The van der Waals surface area contributed by atoms with Crippen molar-refractivity contribution in [2.75, 3.05) is 5.73 Å². The van der Waals surface area contributed by atoms with Crippen LogP contribution in [0.3, 0.4) is 0 Å². The van der Waals surface area contributed by atoms with Gasteiger partial charge >= 0.3 is 0 Å². The molecule has 0 aliphatic heterocycles. The minimum absolute atomic E-state index is 0.132. The van der Waals surface area contributed by atoms with E-state index in [9.17, 15) is 0 Å². The summed E-state index contributed by atoms with van der Waals surface area (Å²) in [5.74, 6) is -0.137. The predicted molar refractivity (Wildman–Crippen MR) is 116 cm³/mol. The molecule has 6 rings (SSSR count). The number of nitrogens with zero attached hydrogens (tertiary/aromatic N) is 7. The molecule has 6 aromatic rings. The van der Waals surface area contributed by atoms with Gasteiger partial charge in [-0.1, -0.05) is 0 Å². The number of aromatic amines is 2. The van der Waals surface area contributed by atoms with Crippen LogP contribution in [0.4, 0.5) is 10.1 Å². The Hall–Kier alpha value is -4.67. The van der Waals surface area contributed by atoms with E-state index in [0.29, 0.717) is 39.3 Å². The summed E-state index contributed by atoms with van der Waals surface area (Å²) < 4.78 is 17.5. The lowest BCUT2D eigenvalue weighted by Gasteiger charge is -2.04. The van der Waals surface area contributed by atoms with E-state index in [-0.39, 0.29) is 11.1 Å². The van der Waals surface area contributed by atoms with Gasteiger partial charge in [0.25, 0.3) is 0 Å². The molecule has 0 bridgehead atoms. The van der Waals surface area contributed by atoms with Crippen molar-refractivity contribution < 1.29 is 4.39 Å². The van der Waals surface area contributed by atoms with Gasteiger partial charge in [0.05, 0.1) is 58.4 Å². The van der Waals surface area contributed by atoms with Crippen LogP contribution in [0.25, 0.3) is 50.4 Å². The third kappa shape index (κ3) is 2.71. The third-order valence-corrected chi connectivity index (χ3v) is 5.17. The lowest BCUT2D eigenvalue weighted by atomic mass is 10.1. The van der Waals surface area contributed by atoms with E-state index >= 15 is 4.39 Å². The number of nitrogens with two attached hydrogens (primary N) is 1. The Labute approximate surface area is 179 Å². The van der Waals surface area contributed by atoms with Gasteiger partial charge in [-0.2, -0.15) is 5.10 Å². The molecule has 0 spiro atoms. The molecule has 0 saturated heterocycles. The molecule has 32 heavy (non-hydrogen) atoms. The second kappa shape index (κ2) is 6.67. The molecule has 0 aliphatic carbocycles. The van der Waals surface area contributed by atoms with E-state index < -0.39 is 5.82 Å². The predicted octanol–water partition coefficient (Wildman–Crippen LogP) is 3.17. The molecule has 6 aromatic heterocycles. The number of pyridine rings is 3. The molecule has 0 amide bonds. The highest BCUT2D eigenvalue weighted by molar-refractivity contribution is 5.96. The fourth-order valence-electron chi connectivity index (χ4n) is 3.71. The molecule has 0 saturated carbocycles. The molecule has 11 heteroatoms. The van der Waals surface area contributed by atoms with Crippen LogP contribution in [0, 0.1) is 12.7 Å². The Balaban J connectivity index is 1.55. The molecular formula is C21H15FN10. The van der Waals surface area contributed by atoms with Crippen LogP contribution in [0.5, 0.6) is 0 Å². The van der Waals surface area contributed by atoms with Crippen LogP contribution in [0.1, 0.15) is 5.69 Å². The number of aryl methyl sites for hydroxylation is 1. The van der Waals surface area contributed by atoms with Crippen molar-refractivity contribution in [3.63, 3.8) is 0 Å². The van der Waals surface area contributed by atoms with E-state index in [1.165, 1.54) is 18.6 Å². The Morgan fingerprint density at radius 1 is 1.00 bits per heavy atom. The first kappa shape index (κ1) is 18.1. The standard InChI is InChI=1S/C21H15FN10/c1-10-8-32(9-27-10)15-7-25-5-14-19(15)29-21(28-14)20-16-13(30-31-20)6-26-18(17(16)22)11-2-12(23)4-24-3-11/h2-9H,23H2,1H3,(H,28,29)(H,30,31). The molecule has 0 fully saturated rings. The van der Waals surface area contributed by atoms with Crippen molar-refractivity contribution in [1.82, 2.24) is 44.7 Å². The minimum atomic E-state index is -0.539. The topological polar surface area (TPSA) is 140 Å². The average molecular weight is 426 g/mol. The number of aromatic nitrogens is 9. The normalized spacial score (nSPS) is 11.6. The van der Waals surface area contributed by atoms with Gasteiger partial charge in [-0.05, 0) is 13.0 Å². The van der Waals surface area contributed by atoms with Crippen molar-refractivity contribution in [1.29, 1.82) is 0 Å². The van der Waals surface area contributed by atoms with Crippen molar-refractivity contribution in [2.45, 2.75) is 6.92 Å². The molecule has 10 nitrogen and oxygen atoms in total. The van der Waals surface area contributed by atoms with Gasteiger partial charge in [-0.3, -0.25) is 20.1 Å². The average Bonchev–Trinajstić information content (AvgIpc) is 3.51. The summed E-state index contributed by atoms with van der Waals surface area (Å²) in [4.78, 5) is 24.7. The fraction of sp³-hybridized carbons (Fsp3) is 0.0476. The summed E-state index contributed by atoms with van der Waals surface area (Å²) in [5, 5.41) is 7.40. The molecule has 6 heterocycles. The molecule has 0 radical (unpaired) electrons. The molecule has 0 aliphatic rings.